The van der Waals surface area contributed by atoms with Crippen LogP contribution < -0.4 is 5.32 Å². The van der Waals surface area contributed by atoms with Crippen molar-refractivity contribution in [3.8, 4) is 0 Å². The molecule has 0 aliphatic carbocycles. The summed E-state index contributed by atoms with van der Waals surface area (Å²) in [6.07, 6.45) is 0. The Labute approximate surface area is 193 Å². The molecule has 168 valence electrons. The summed E-state index contributed by atoms with van der Waals surface area (Å²) in [5.74, 6) is -0.316. The summed E-state index contributed by atoms with van der Waals surface area (Å²) in [6, 6.07) is 15.1. The Balaban J connectivity index is 1.67. The molecule has 0 atom stereocenters. The van der Waals surface area contributed by atoms with Crippen LogP contribution in [0.25, 0.3) is 0 Å². The maximum Gasteiger partial charge on any atom is 0.255 e. The van der Waals surface area contributed by atoms with Crippen LogP contribution in [-0.4, -0.2) is 41.7 Å². The molecule has 3 aromatic rings. The lowest BCUT2D eigenvalue weighted by atomic mass is 10.2. The van der Waals surface area contributed by atoms with Crippen LogP contribution in [0.2, 0.25) is 0 Å². The Morgan fingerprint density at radius 2 is 1.53 bits per heavy atom. The molecule has 0 bridgehead atoms. The number of carbonyl (C=O) groups is 1. The summed E-state index contributed by atoms with van der Waals surface area (Å²) in [7, 11) is -2.05. The molecule has 0 aliphatic heterocycles. The van der Waals surface area contributed by atoms with Gasteiger partial charge in [0.1, 0.15) is 0 Å². The van der Waals surface area contributed by atoms with Crippen LogP contribution in [0.4, 0.5) is 5.69 Å². The number of benzene rings is 2. The minimum absolute atomic E-state index is 0.153. The maximum absolute atomic E-state index is 12.6. The summed E-state index contributed by atoms with van der Waals surface area (Å²) in [5, 5.41) is 3.51. The molecule has 1 N–H and O–H groups in total. The fourth-order valence-electron chi connectivity index (χ4n) is 2.88. The van der Waals surface area contributed by atoms with Crippen molar-refractivity contribution in [2.75, 3.05) is 12.4 Å². The first-order valence-electron chi connectivity index (χ1n) is 10.1. The Bertz CT molecular complexity index is 1190. The number of carbonyl (C=O) groups excluding carboxylic acids is 1. The van der Waals surface area contributed by atoms with Gasteiger partial charge in [0, 0.05) is 40.6 Å². The second-order valence-corrected chi connectivity index (χ2v) is 10.7. The van der Waals surface area contributed by atoms with E-state index in [1.807, 2.05) is 32.0 Å². The zero-order chi connectivity index (χ0) is 23.5. The van der Waals surface area contributed by atoms with Crippen LogP contribution in [0.5, 0.6) is 0 Å². The van der Waals surface area contributed by atoms with E-state index in [1.54, 1.807) is 26.0 Å². The molecule has 0 saturated carbocycles. The molecule has 0 radical (unpaired) electrons. The van der Waals surface area contributed by atoms with E-state index in [4.69, 9.17) is 0 Å². The van der Waals surface area contributed by atoms with Crippen molar-refractivity contribution in [1.82, 2.24) is 14.3 Å². The van der Waals surface area contributed by atoms with Crippen molar-refractivity contribution in [3.63, 3.8) is 0 Å². The van der Waals surface area contributed by atoms with Crippen LogP contribution in [0, 0.1) is 13.8 Å². The molecule has 1 amide bonds. The van der Waals surface area contributed by atoms with Crippen LogP contribution in [-0.2, 0) is 10.0 Å². The third-order valence-electron chi connectivity index (χ3n) is 4.80. The largest absolute Gasteiger partial charge is 0.322 e. The normalized spacial score (nSPS) is 11.7. The molecule has 0 saturated heterocycles. The van der Waals surface area contributed by atoms with Crippen LogP contribution in [0.15, 0.2) is 69.5 Å². The summed E-state index contributed by atoms with van der Waals surface area (Å²) >= 11 is 1.45. The number of nitrogens with zero attached hydrogens (tertiary/aromatic N) is 3. The molecule has 1 aromatic heterocycles. The molecular weight excluding hydrogens is 444 g/mol. The van der Waals surface area contributed by atoms with E-state index < -0.39 is 10.0 Å². The van der Waals surface area contributed by atoms with E-state index in [-0.39, 0.29) is 16.8 Å². The lowest BCUT2D eigenvalue weighted by Gasteiger charge is -2.21. The van der Waals surface area contributed by atoms with Crippen molar-refractivity contribution in [3.05, 3.63) is 71.5 Å². The van der Waals surface area contributed by atoms with Gasteiger partial charge in [-0.25, -0.2) is 18.4 Å². The van der Waals surface area contributed by atoms with E-state index >= 15 is 0 Å². The third kappa shape index (κ3) is 5.73. The summed E-state index contributed by atoms with van der Waals surface area (Å²) < 4.78 is 26.4. The molecule has 0 spiro atoms. The predicted molar refractivity (Wildman–Crippen MR) is 127 cm³/mol. The quantitative estimate of drug-likeness (QED) is 0.510. The Morgan fingerprint density at radius 1 is 0.969 bits per heavy atom. The topological polar surface area (TPSA) is 92.3 Å². The number of sulfonamides is 1. The smallest absolute Gasteiger partial charge is 0.255 e. The number of rotatable bonds is 7. The Hall–Kier alpha value is -2.75. The van der Waals surface area contributed by atoms with Crippen molar-refractivity contribution in [2.24, 2.45) is 0 Å². The highest BCUT2D eigenvalue weighted by atomic mass is 32.2. The molecule has 32 heavy (non-hydrogen) atoms. The highest BCUT2D eigenvalue weighted by molar-refractivity contribution is 7.99. The molecule has 1 heterocycles. The lowest BCUT2D eigenvalue weighted by Crippen LogP contribution is -2.33. The number of aromatic nitrogens is 2. The van der Waals surface area contributed by atoms with Gasteiger partial charge in [0.25, 0.3) is 5.91 Å². The highest BCUT2D eigenvalue weighted by Crippen LogP contribution is 2.26. The fourth-order valence-corrected chi connectivity index (χ4v) is 5.11. The van der Waals surface area contributed by atoms with E-state index in [0.29, 0.717) is 16.4 Å². The number of anilines is 1. The van der Waals surface area contributed by atoms with E-state index in [1.165, 1.54) is 47.4 Å². The summed E-state index contributed by atoms with van der Waals surface area (Å²) in [6.45, 7) is 7.47. The van der Waals surface area contributed by atoms with Crippen molar-refractivity contribution in [2.45, 2.75) is 48.7 Å². The number of aryl methyl sites for hydroxylation is 2. The predicted octanol–water partition coefficient (Wildman–Crippen LogP) is 4.53. The number of nitrogens with one attached hydrogen (secondary N) is 1. The monoisotopic (exact) mass is 470 g/mol. The van der Waals surface area contributed by atoms with Gasteiger partial charge < -0.3 is 5.32 Å². The highest BCUT2D eigenvalue weighted by Gasteiger charge is 2.23. The molecule has 0 unspecified atom stereocenters. The van der Waals surface area contributed by atoms with Crippen LogP contribution in [0.1, 0.15) is 35.6 Å². The number of hydrogen-bond donors (Lipinski definition) is 1. The van der Waals surface area contributed by atoms with Gasteiger partial charge in [-0.3, -0.25) is 4.79 Å². The van der Waals surface area contributed by atoms with Crippen LogP contribution in [0.3, 0.4) is 0 Å². The number of amides is 1. The molecule has 0 aliphatic rings. The van der Waals surface area contributed by atoms with Gasteiger partial charge in [-0.15, -0.1) is 0 Å². The Kier molecular flexibility index (Phi) is 7.33. The van der Waals surface area contributed by atoms with Gasteiger partial charge in [-0.05, 0) is 94.1 Å². The van der Waals surface area contributed by atoms with Crippen molar-refractivity contribution >= 4 is 33.4 Å². The molecule has 0 fully saturated rings. The van der Waals surface area contributed by atoms with E-state index in [9.17, 15) is 13.2 Å². The van der Waals surface area contributed by atoms with E-state index in [2.05, 4.69) is 15.3 Å². The molecular formula is C23H26N4O3S2. The minimum Gasteiger partial charge on any atom is -0.322 e. The average molecular weight is 471 g/mol. The van der Waals surface area contributed by atoms with Gasteiger partial charge in [-0.2, -0.15) is 4.31 Å². The molecule has 9 heteroatoms. The third-order valence-corrected chi connectivity index (χ3v) is 7.72. The second-order valence-electron chi connectivity index (χ2n) is 7.65. The van der Waals surface area contributed by atoms with Gasteiger partial charge in [-0.1, -0.05) is 0 Å². The Morgan fingerprint density at radius 3 is 2.06 bits per heavy atom. The average Bonchev–Trinajstić information content (AvgIpc) is 2.73. The summed E-state index contributed by atoms with van der Waals surface area (Å²) in [4.78, 5) is 22.5. The second kappa shape index (κ2) is 9.81. The fraction of sp³-hybridized carbons (Fsp3) is 0.261. The SMILES string of the molecule is Cc1cc(C)nc(Sc2ccc(NC(=O)c3ccc(S(=O)(=O)N(C)C(C)C)cc3)cc2)n1. The van der Waals surface area contributed by atoms with Gasteiger partial charge in [0.05, 0.1) is 4.90 Å². The lowest BCUT2D eigenvalue weighted by molar-refractivity contribution is 0.102. The first kappa shape index (κ1) is 23.9. The first-order valence-corrected chi connectivity index (χ1v) is 12.3. The van der Waals surface area contributed by atoms with E-state index in [0.717, 1.165) is 16.3 Å². The maximum atomic E-state index is 12.6. The van der Waals surface area contributed by atoms with Gasteiger partial charge in [0.2, 0.25) is 10.0 Å². The molecule has 2 aromatic carbocycles. The summed E-state index contributed by atoms with van der Waals surface area (Å²) in [5.41, 5.74) is 2.84. The minimum atomic E-state index is -3.59. The standard InChI is InChI=1S/C23H26N4O3S2/c1-15(2)27(5)32(29,30)21-12-6-18(7-13-21)22(28)26-19-8-10-20(11-9-19)31-23-24-16(3)14-17(4)25-23/h6-15H,1-5H3,(H,26,28). The van der Waals surface area contributed by atoms with Gasteiger partial charge in [0.15, 0.2) is 5.16 Å². The zero-order valence-corrected chi connectivity index (χ0v) is 20.3. The van der Waals surface area contributed by atoms with Gasteiger partial charge >= 0.3 is 0 Å². The zero-order valence-electron chi connectivity index (χ0n) is 18.7. The van der Waals surface area contributed by atoms with Crippen molar-refractivity contribution < 1.29 is 13.2 Å². The van der Waals surface area contributed by atoms with Crippen molar-refractivity contribution in [1.29, 1.82) is 0 Å². The number of hydrogen-bond acceptors (Lipinski definition) is 6. The molecule has 7 nitrogen and oxygen atoms in total. The first-order chi connectivity index (χ1) is 15.1. The molecule has 3 rings (SSSR count). The van der Waals surface area contributed by atoms with Crippen LogP contribution >= 0.6 is 11.8 Å².